The van der Waals surface area contributed by atoms with Crippen LogP contribution in [0.15, 0.2) is 52.5 Å². The zero-order chi connectivity index (χ0) is 21.0. The minimum absolute atomic E-state index is 0.0190. The Labute approximate surface area is 174 Å². The van der Waals surface area contributed by atoms with Crippen LogP contribution in [0.2, 0.25) is 5.02 Å². The Morgan fingerprint density at radius 1 is 1.21 bits per heavy atom. The van der Waals surface area contributed by atoms with Gasteiger partial charge in [0.15, 0.2) is 9.84 Å². The van der Waals surface area contributed by atoms with Gasteiger partial charge in [0.25, 0.3) is 5.91 Å². The third-order valence-electron chi connectivity index (χ3n) is 4.71. The van der Waals surface area contributed by atoms with Crippen molar-refractivity contribution in [2.24, 2.45) is 5.10 Å². The summed E-state index contributed by atoms with van der Waals surface area (Å²) in [6.07, 6.45) is 0.872. The van der Waals surface area contributed by atoms with Crippen molar-refractivity contribution in [2.45, 2.75) is 29.9 Å². The second-order valence-electron chi connectivity index (χ2n) is 6.68. The monoisotopic (exact) mass is 436 g/mol. The molecule has 0 radical (unpaired) electrons. The normalized spacial score (nSPS) is 15.9. The van der Waals surface area contributed by atoms with E-state index < -0.39 is 21.0 Å². The Morgan fingerprint density at radius 3 is 2.66 bits per heavy atom. The number of amides is 1. The highest BCUT2D eigenvalue weighted by Crippen LogP contribution is 2.25. The molecule has 1 fully saturated rings. The number of nitrogens with zero attached hydrogens (tertiary/aromatic N) is 1. The number of halogens is 1. The molecule has 0 atom stereocenters. The summed E-state index contributed by atoms with van der Waals surface area (Å²) in [6, 6.07) is 10.4. The number of hydrogen-bond acceptors (Lipinski definition) is 6. The number of sulfone groups is 1. The Balaban J connectivity index is 1.78. The lowest BCUT2D eigenvalue weighted by molar-refractivity contribution is 0.0954. The Kier molecular flexibility index (Phi) is 6.56. The van der Waals surface area contributed by atoms with E-state index >= 15 is 0 Å². The van der Waals surface area contributed by atoms with Crippen molar-refractivity contribution < 1.29 is 23.1 Å². The Morgan fingerprint density at radius 2 is 1.93 bits per heavy atom. The van der Waals surface area contributed by atoms with Crippen molar-refractivity contribution in [3.05, 3.63) is 58.6 Å². The summed E-state index contributed by atoms with van der Waals surface area (Å²) in [5, 5.41) is 13.8. The van der Waals surface area contributed by atoms with E-state index in [0.29, 0.717) is 42.4 Å². The number of hydrogen-bond donors (Lipinski definition) is 2. The van der Waals surface area contributed by atoms with Crippen molar-refractivity contribution >= 4 is 33.1 Å². The third kappa shape index (κ3) is 4.95. The number of rotatable bonds is 5. The van der Waals surface area contributed by atoms with Crippen molar-refractivity contribution in [1.82, 2.24) is 5.43 Å². The lowest BCUT2D eigenvalue weighted by atomic mass is 10.1. The second-order valence-corrected chi connectivity index (χ2v) is 9.35. The molecule has 9 heteroatoms. The van der Waals surface area contributed by atoms with Crippen molar-refractivity contribution in [3.63, 3.8) is 0 Å². The van der Waals surface area contributed by atoms with E-state index in [1.165, 1.54) is 42.5 Å². The van der Waals surface area contributed by atoms with Gasteiger partial charge in [-0.1, -0.05) is 17.7 Å². The quantitative estimate of drug-likeness (QED) is 0.553. The van der Waals surface area contributed by atoms with Crippen LogP contribution >= 0.6 is 11.6 Å². The fourth-order valence-corrected chi connectivity index (χ4v) is 4.98. The molecule has 0 saturated carbocycles. The average molecular weight is 437 g/mol. The first-order chi connectivity index (χ1) is 13.8. The number of aromatic hydroxyl groups is 1. The van der Waals surface area contributed by atoms with Gasteiger partial charge < -0.3 is 9.84 Å². The molecule has 2 N–H and O–H groups in total. The minimum atomic E-state index is -3.55. The molecular formula is C20H21ClN2O5S. The highest BCUT2D eigenvalue weighted by Gasteiger charge is 2.29. The molecule has 1 aliphatic heterocycles. The van der Waals surface area contributed by atoms with Crippen LogP contribution in [0, 0.1) is 0 Å². The van der Waals surface area contributed by atoms with Crippen LogP contribution in [-0.2, 0) is 14.6 Å². The Hall–Kier alpha value is -2.42. The molecule has 0 unspecified atom stereocenters. The van der Waals surface area contributed by atoms with Crippen LogP contribution in [0.4, 0.5) is 0 Å². The maximum absolute atomic E-state index is 12.8. The number of carbonyl (C=O) groups excluding carboxylic acids is 1. The molecule has 0 bridgehead atoms. The van der Waals surface area contributed by atoms with Gasteiger partial charge in [0.05, 0.1) is 15.9 Å². The summed E-state index contributed by atoms with van der Waals surface area (Å²) >= 11 is 5.93. The zero-order valence-corrected chi connectivity index (χ0v) is 17.3. The molecule has 7 nitrogen and oxygen atoms in total. The predicted molar refractivity (Wildman–Crippen MR) is 110 cm³/mol. The van der Waals surface area contributed by atoms with Gasteiger partial charge in [0.2, 0.25) is 0 Å². The average Bonchev–Trinajstić information content (AvgIpc) is 2.74. The highest BCUT2D eigenvalue weighted by molar-refractivity contribution is 7.92. The molecule has 1 saturated heterocycles. The summed E-state index contributed by atoms with van der Waals surface area (Å²) < 4.78 is 30.9. The first-order valence-electron chi connectivity index (χ1n) is 9.04. The van der Waals surface area contributed by atoms with Crippen LogP contribution in [-0.4, -0.2) is 43.6 Å². The van der Waals surface area contributed by atoms with Crippen LogP contribution in [0.3, 0.4) is 0 Å². The topological polar surface area (TPSA) is 105 Å². The minimum Gasteiger partial charge on any atom is -0.507 e. The van der Waals surface area contributed by atoms with Crippen LogP contribution in [0.1, 0.15) is 35.7 Å². The van der Waals surface area contributed by atoms with Gasteiger partial charge >= 0.3 is 0 Å². The van der Waals surface area contributed by atoms with E-state index in [-0.39, 0.29) is 16.2 Å². The molecule has 3 rings (SSSR count). The van der Waals surface area contributed by atoms with Gasteiger partial charge in [-0.05, 0) is 56.2 Å². The number of ether oxygens (including phenoxy) is 1. The predicted octanol–water partition coefficient (Wildman–Crippen LogP) is 3.15. The SMILES string of the molecule is C/C(=N\NC(=O)c1cccc(S(=O)(=O)C2CCOCC2)c1)c1cc(Cl)ccc1O. The van der Waals surface area contributed by atoms with Crippen LogP contribution in [0.25, 0.3) is 0 Å². The van der Waals surface area contributed by atoms with E-state index in [1.54, 1.807) is 6.92 Å². The van der Waals surface area contributed by atoms with Crippen molar-refractivity contribution in [2.75, 3.05) is 13.2 Å². The number of benzene rings is 2. The fourth-order valence-electron chi connectivity index (χ4n) is 3.05. The molecule has 0 aliphatic carbocycles. The van der Waals surface area contributed by atoms with Crippen molar-refractivity contribution in [3.8, 4) is 5.75 Å². The van der Waals surface area contributed by atoms with Crippen LogP contribution < -0.4 is 5.43 Å². The third-order valence-corrected chi connectivity index (χ3v) is 7.20. The highest BCUT2D eigenvalue weighted by atomic mass is 35.5. The van der Waals surface area contributed by atoms with Gasteiger partial charge in [-0.15, -0.1) is 0 Å². The largest absolute Gasteiger partial charge is 0.507 e. The lowest BCUT2D eigenvalue weighted by Gasteiger charge is -2.22. The standard InChI is InChI=1S/C20H21ClN2O5S/c1-13(18-12-15(21)5-6-19(18)24)22-23-20(25)14-3-2-4-17(11-14)29(26,27)16-7-9-28-10-8-16/h2-6,11-12,16,24H,7-10H2,1H3,(H,23,25)/b22-13+. The maximum Gasteiger partial charge on any atom is 0.271 e. The molecule has 0 spiro atoms. The molecule has 1 heterocycles. The molecule has 29 heavy (non-hydrogen) atoms. The van der Waals surface area contributed by atoms with E-state index in [9.17, 15) is 18.3 Å². The first kappa shape index (κ1) is 21.3. The summed E-state index contributed by atoms with van der Waals surface area (Å²) in [5.74, 6) is -0.579. The van der Waals surface area contributed by atoms with Crippen LogP contribution in [0.5, 0.6) is 5.75 Å². The number of phenolic OH excluding ortho intramolecular Hbond substituents is 1. The molecule has 1 amide bonds. The summed E-state index contributed by atoms with van der Waals surface area (Å²) in [6.45, 7) is 2.43. The lowest BCUT2D eigenvalue weighted by Crippen LogP contribution is -2.29. The first-order valence-corrected chi connectivity index (χ1v) is 11.0. The van der Waals surface area contributed by atoms with Crippen molar-refractivity contribution in [1.29, 1.82) is 0 Å². The summed E-state index contributed by atoms with van der Waals surface area (Å²) in [7, 11) is -3.55. The van der Waals surface area contributed by atoms with E-state index in [1.807, 2.05) is 0 Å². The van der Waals surface area contributed by atoms with Gasteiger partial charge in [-0.3, -0.25) is 4.79 Å². The second kappa shape index (κ2) is 8.94. The van der Waals surface area contributed by atoms with Gasteiger partial charge in [0.1, 0.15) is 5.75 Å². The Bertz CT molecular complexity index is 1050. The number of hydrazone groups is 1. The van der Waals surface area contributed by atoms with Gasteiger partial charge in [0, 0.05) is 29.4 Å². The smallest absolute Gasteiger partial charge is 0.271 e. The fraction of sp³-hybridized carbons (Fsp3) is 0.300. The number of phenols is 1. The van der Waals surface area contributed by atoms with E-state index in [0.717, 1.165) is 0 Å². The zero-order valence-electron chi connectivity index (χ0n) is 15.8. The molecule has 0 aromatic heterocycles. The van der Waals surface area contributed by atoms with Gasteiger partial charge in [-0.25, -0.2) is 13.8 Å². The molecular weight excluding hydrogens is 416 g/mol. The summed E-state index contributed by atoms with van der Waals surface area (Å²) in [5.41, 5.74) is 3.29. The van der Waals surface area contributed by atoms with E-state index in [2.05, 4.69) is 10.5 Å². The maximum atomic E-state index is 12.8. The molecule has 154 valence electrons. The molecule has 2 aromatic rings. The number of nitrogens with one attached hydrogen (secondary N) is 1. The summed E-state index contributed by atoms with van der Waals surface area (Å²) in [4.78, 5) is 12.6. The van der Waals surface area contributed by atoms with Gasteiger partial charge in [-0.2, -0.15) is 5.10 Å². The number of carbonyl (C=O) groups is 1. The van der Waals surface area contributed by atoms with E-state index in [4.69, 9.17) is 16.3 Å². The molecule has 2 aromatic carbocycles. The molecule has 1 aliphatic rings.